The molecule has 1 aliphatic rings. The summed E-state index contributed by atoms with van der Waals surface area (Å²) in [6, 6.07) is 14.0. The van der Waals surface area contributed by atoms with Crippen LogP contribution in [-0.4, -0.2) is 13.0 Å². The van der Waals surface area contributed by atoms with Crippen molar-refractivity contribution in [1.29, 1.82) is 0 Å². The van der Waals surface area contributed by atoms with E-state index < -0.39 is 0 Å². The average Bonchev–Trinajstić information content (AvgIpc) is 3.34. The Morgan fingerprint density at radius 3 is 2.50 bits per heavy atom. The molecule has 0 radical (unpaired) electrons. The van der Waals surface area contributed by atoms with E-state index in [1.54, 1.807) is 19.2 Å². The van der Waals surface area contributed by atoms with Gasteiger partial charge in [0.25, 0.3) is 0 Å². The topological polar surface area (TPSA) is 38.3 Å². The van der Waals surface area contributed by atoms with Crippen LogP contribution < -0.4 is 10.1 Å². The zero-order valence-electron chi connectivity index (χ0n) is 12.4. The maximum atomic E-state index is 12.9. The van der Waals surface area contributed by atoms with Crippen molar-refractivity contribution in [2.45, 2.75) is 18.9 Å². The quantitative estimate of drug-likeness (QED) is 0.920. The first-order chi connectivity index (χ1) is 10.7. The second kappa shape index (κ2) is 6.18. The molecular formula is C18H18FNO2. The van der Waals surface area contributed by atoms with Crippen molar-refractivity contribution in [3.63, 3.8) is 0 Å². The minimum atomic E-state index is -0.245. The lowest BCUT2D eigenvalue weighted by Gasteiger charge is -2.06. The second-order valence-electron chi connectivity index (χ2n) is 5.57. The molecule has 0 spiro atoms. The fourth-order valence-corrected chi connectivity index (χ4v) is 2.63. The Balaban J connectivity index is 1.51. The molecule has 2 atom stereocenters. The van der Waals surface area contributed by atoms with Gasteiger partial charge in [0, 0.05) is 12.5 Å². The van der Waals surface area contributed by atoms with Gasteiger partial charge in [0.15, 0.2) is 0 Å². The Hall–Kier alpha value is -2.36. The van der Waals surface area contributed by atoms with Crippen molar-refractivity contribution in [3.8, 4) is 5.75 Å². The molecule has 0 bridgehead atoms. The molecule has 1 aliphatic carbocycles. The molecule has 2 unspecified atom stereocenters. The third-order valence-corrected chi connectivity index (χ3v) is 4.05. The van der Waals surface area contributed by atoms with Gasteiger partial charge in [0.2, 0.25) is 5.91 Å². The molecule has 1 fully saturated rings. The first kappa shape index (κ1) is 14.6. The van der Waals surface area contributed by atoms with E-state index >= 15 is 0 Å². The van der Waals surface area contributed by atoms with Gasteiger partial charge in [-0.25, -0.2) is 4.39 Å². The summed E-state index contributed by atoms with van der Waals surface area (Å²) in [6.07, 6.45) is 0.833. The lowest BCUT2D eigenvalue weighted by Crippen LogP contribution is -2.24. The molecule has 1 amide bonds. The Kier molecular flexibility index (Phi) is 4.09. The van der Waals surface area contributed by atoms with Crippen LogP contribution in [-0.2, 0) is 11.3 Å². The van der Waals surface area contributed by atoms with Gasteiger partial charge in [0.1, 0.15) is 11.6 Å². The summed E-state index contributed by atoms with van der Waals surface area (Å²) in [6.45, 7) is 0.509. The Morgan fingerprint density at radius 1 is 1.18 bits per heavy atom. The summed E-state index contributed by atoms with van der Waals surface area (Å²) in [5, 5.41) is 2.96. The molecule has 3 rings (SSSR count). The molecule has 0 saturated heterocycles. The number of amides is 1. The second-order valence-corrected chi connectivity index (χ2v) is 5.57. The first-order valence-electron chi connectivity index (χ1n) is 7.33. The molecule has 114 valence electrons. The van der Waals surface area contributed by atoms with Gasteiger partial charge in [-0.2, -0.15) is 0 Å². The summed E-state index contributed by atoms with van der Waals surface area (Å²) < 4.78 is 18.0. The zero-order chi connectivity index (χ0) is 15.5. The highest BCUT2D eigenvalue weighted by atomic mass is 19.1. The molecule has 1 saturated carbocycles. The van der Waals surface area contributed by atoms with Crippen molar-refractivity contribution < 1.29 is 13.9 Å². The predicted molar refractivity (Wildman–Crippen MR) is 82.1 cm³/mol. The SMILES string of the molecule is COc1ccc(CNC(=O)C2CC2c2ccc(F)cc2)cc1. The Morgan fingerprint density at radius 2 is 1.86 bits per heavy atom. The van der Waals surface area contributed by atoms with Crippen molar-refractivity contribution in [2.24, 2.45) is 5.92 Å². The van der Waals surface area contributed by atoms with E-state index in [0.717, 1.165) is 23.3 Å². The number of rotatable bonds is 5. The van der Waals surface area contributed by atoms with E-state index in [-0.39, 0.29) is 23.6 Å². The minimum Gasteiger partial charge on any atom is -0.497 e. The third-order valence-electron chi connectivity index (χ3n) is 4.05. The molecule has 22 heavy (non-hydrogen) atoms. The highest BCUT2D eigenvalue weighted by Crippen LogP contribution is 2.47. The number of carbonyl (C=O) groups is 1. The van der Waals surface area contributed by atoms with Crippen LogP contribution >= 0.6 is 0 Å². The van der Waals surface area contributed by atoms with E-state index in [1.165, 1.54) is 12.1 Å². The van der Waals surface area contributed by atoms with Crippen LogP contribution in [0.2, 0.25) is 0 Å². The fourth-order valence-electron chi connectivity index (χ4n) is 2.63. The summed E-state index contributed by atoms with van der Waals surface area (Å²) in [5.74, 6) is 0.837. The van der Waals surface area contributed by atoms with Gasteiger partial charge < -0.3 is 10.1 Å². The zero-order valence-corrected chi connectivity index (χ0v) is 12.4. The van der Waals surface area contributed by atoms with E-state index in [1.807, 2.05) is 24.3 Å². The standard InChI is InChI=1S/C18H18FNO2/c1-22-15-8-2-12(3-9-15)11-20-18(21)17-10-16(17)13-4-6-14(19)7-5-13/h2-9,16-17H,10-11H2,1H3,(H,20,21). The molecule has 0 aliphatic heterocycles. The average molecular weight is 299 g/mol. The van der Waals surface area contributed by atoms with Crippen LogP contribution in [0.25, 0.3) is 0 Å². The van der Waals surface area contributed by atoms with Crippen LogP contribution in [0.5, 0.6) is 5.75 Å². The molecule has 2 aromatic carbocycles. The maximum absolute atomic E-state index is 12.9. The van der Waals surface area contributed by atoms with Gasteiger partial charge in [-0.05, 0) is 47.7 Å². The smallest absolute Gasteiger partial charge is 0.224 e. The summed E-state index contributed by atoms with van der Waals surface area (Å²) in [5.41, 5.74) is 2.07. The van der Waals surface area contributed by atoms with Gasteiger partial charge in [-0.3, -0.25) is 4.79 Å². The van der Waals surface area contributed by atoms with E-state index in [4.69, 9.17) is 4.74 Å². The number of nitrogens with one attached hydrogen (secondary N) is 1. The number of hydrogen-bond acceptors (Lipinski definition) is 2. The van der Waals surface area contributed by atoms with Crippen LogP contribution in [0.4, 0.5) is 4.39 Å². The number of benzene rings is 2. The van der Waals surface area contributed by atoms with Crippen molar-refractivity contribution >= 4 is 5.91 Å². The van der Waals surface area contributed by atoms with Gasteiger partial charge in [0.05, 0.1) is 7.11 Å². The summed E-state index contributed by atoms with van der Waals surface area (Å²) in [4.78, 5) is 12.1. The number of carbonyl (C=O) groups excluding carboxylic acids is 1. The van der Waals surface area contributed by atoms with Crippen LogP contribution in [0.1, 0.15) is 23.5 Å². The Bertz CT molecular complexity index is 652. The highest BCUT2D eigenvalue weighted by molar-refractivity contribution is 5.82. The minimum absolute atomic E-state index is 0.00343. The van der Waals surface area contributed by atoms with Crippen molar-refractivity contribution in [3.05, 3.63) is 65.5 Å². The Labute approximate surface area is 129 Å². The van der Waals surface area contributed by atoms with E-state index in [0.29, 0.717) is 6.54 Å². The van der Waals surface area contributed by atoms with Gasteiger partial charge >= 0.3 is 0 Å². The summed E-state index contributed by atoms with van der Waals surface area (Å²) >= 11 is 0. The van der Waals surface area contributed by atoms with Crippen molar-refractivity contribution in [1.82, 2.24) is 5.32 Å². The van der Waals surface area contributed by atoms with Crippen LogP contribution in [0, 0.1) is 11.7 Å². The first-order valence-corrected chi connectivity index (χ1v) is 7.33. The van der Waals surface area contributed by atoms with Crippen molar-refractivity contribution in [2.75, 3.05) is 7.11 Å². The van der Waals surface area contributed by atoms with Gasteiger partial charge in [-0.15, -0.1) is 0 Å². The van der Waals surface area contributed by atoms with Crippen LogP contribution in [0.3, 0.4) is 0 Å². The normalized spacial score (nSPS) is 19.5. The number of ether oxygens (including phenoxy) is 1. The van der Waals surface area contributed by atoms with Gasteiger partial charge in [-0.1, -0.05) is 24.3 Å². The molecule has 0 aromatic heterocycles. The molecule has 1 N–H and O–H groups in total. The molecule has 4 heteroatoms. The van der Waals surface area contributed by atoms with E-state index in [9.17, 15) is 9.18 Å². The number of methoxy groups -OCH3 is 1. The predicted octanol–water partition coefficient (Wildman–Crippen LogP) is 3.25. The van der Waals surface area contributed by atoms with E-state index in [2.05, 4.69) is 5.32 Å². The largest absolute Gasteiger partial charge is 0.497 e. The molecular weight excluding hydrogens is 281 g/mol. The number of hydrogen-bond donors (Lipinski definition) is 1. The number of halogens is 1. The molecule has 3 nitrogen and oxygen atoms in total. The van der Waals surface area contributed by atoms with Crippen LogP contribution in [0.15, 0.2) is 48.5 Å². The maximum Gasteiger partial charge on any atom is 0.224 e. The molecule has 2 aromatic rings. The molecule has 0 heterocycles. The fraction of sp³-hybridized carbons (Fsp3) is 0.278. The lowest BCUT2D eigenvalue weighted by molar-refractivity contribution is -0.122. The summed E-state index contributed by atoms with van der Waals surface area (Å²) in [7, 11) is 1.62. The lowest BCUT2D eigenvalue weighted by atomic mass is 10.1. The third kappa shape index (κ3) is 3.27. The highest BCUT2D eigenvalue weighted by Gasteiger charge is 2.43. The monoisotopic (exact) mass is 299 g/mol.